The zero-order valence-electron chi connectivity index (χ0n) is 18.8. The van der Waals surface area contributed by atoms with Crippen molar-refractivity contribution in [1.29, 1.82) is 0 Å². The quantitative estimate of drug-likeness (QED) is 0.517. The Labute approximate surface area is 193 Å². The number of nitrogens with zero attached hydrogens (tertiary/aromatic N) is 4. The minimum atomic E-state index is -0.347. The highest BCUT2D eigenvalue weighted by Gasteiger charge is 2.43. The van der Waals surface area contributed by atoms with E-state index in [-0.39, 0.29) is 18.2 Å². The van der Waals surface area contributed by atoms with Crippen LogP contribution < -0.4 is 4.74 Å². The van der Waals surface area contributed by atoms with E-state index in [1.54, 1.807) is 30.0 Å². The number of hydrogen-bond donors (Lipinski definition) is 0. The van der Waals surface area contributed by atoms with Gasteiger partial charge in [0, 0.05) is 31.4 Å². The summed E-state index contributed by atoms with van der Waals surface area (Å²) >= 11 is 1.77. The summed E-state index contributed by atoms with van der Waals surface area (Å²) in [6, 6.07) is 6.86. The molecule has 8 heteroatoms. The Kier molecular flexibility index (Phi) is 6.99. The first-order chi connectivity index (χ1) is 15.7. The zero-order valence-corrected chi connectivity index (χ0v) is 19.6. The fourth-order valence-corrected chi connectivity index (χ4v) is 6.83. The Morgan fingerprint density at radius 1 is 1.19 bits per heavy atom. The molecule has 4 unspecified atom stereocenters. The molecule has 0 amide bonds. The van der Waals surface area contributed by atoms with Gasteiger partial charge in [0.1, 0.15) is 6.61 Å². The lowest BCUT2D eigenvalue weighted by molar-refractivity contribution is 0.0410. The molecule has 1 saturated heterocycles. The second kappa shape index (κ2) is 10.1. The number of morpholine rings is 1. The van der Waals surface area contributed by atoms with Gasteiger partial charge in [0.2, 0.25) is 0 Å². The number of hydrogen-bond acceptors (Lipinski definition) is 6. The van der Waals surface area contributed by atoms with Crippen LogP contribution in [0.3, 0.4) is 0 Å². The predicted octanol–water partition coefficient (Wildman–Crippen LogP) is 4.42. The smallest absolute Gasteiger partial charge is 0.191 e. The van der Waals surface area contributed by atoms with Crippen molar-refractivity contribution in [2.24, 2.45) is 17.8 Å². The molecule has 2 aromatic rings. The number of para-hydroxylation sites is 1. The summed E-state index contributed by atoms with van der Waals surface area (Å²) in [5, 5.41) is 10.00. The fraction of sp³-hybridized carbons (Fsp3) is 0.667. The minimum Gasteiger partial charge on any atom is -0.483 e. The molecule has 0 N–H and O–H groups in total. The molecule has 174 valence electrons. The van der Waals surface area contributed by atoms with Gasteiger partial charge in [-0.1, -0.05) is 30.3 Å². The third kappa shape index (κ3) is 4.82. The number of aromatic nitrogens is 3. The van der Waals surface area contributed by atoms with E-state index < -0.39 is 0 Å². The normalized spacial score (nSPS) is 26.5. The van der Waals surface area contributed by atoms with Crippen molar-refractivity contribution in [1.82, 2.24) is 19.7 Å². The van der Waals surface area contributed by atoms with Gasteiger partial charge >= 0.3 is 0 Å². The second-order valence-electron chi connectivity index (χ2n) is 9.37. The van der Waals surface area contributed by atoms with Crippen LogP contribution >= 0.6 is 11.8 Å². The van der Waals surface area contributed by atoms with Gasteiger partial charge in [-0.05, 0) is 56.1 Å². The summed E-state index contributed by atoms with van der Waals surface area (Å²) < 4.78 is 27.6. The molecular formula is C24H33FN4O2S. The molecule has 3 fully saturated rings. The lowest BCUT2D eigenvalue weighted by Gasteiger charge is -2.30. The Morgan fingerprint density at radius 2 is 2.03 bits per heavy atom. The van der Waals surface area contributed by atoms with Crippen LogP contribution in [0.2, 0.25) is 0 Å². The van der Waals surface area contributed by atoms with E-state index >= 15 is 0 Å². The van der Waals surface area contributed by atoms with E-state index in [2.05, 4.69) is 26.6 Å². The summed E-state index contributed by atoms with van der Waals surface area (Å²) in [7, 11) is 0. The molecule has 6 nitrogen and oxygen atoms in total. The minimum absolute atomic E-state index is 0.225. The first kappa shape index (κ1) is 22.2. The largest absolute Gasteiger partial charge is 0.483 e. The maximum absolute atomic E-state index is 14.1. The number of benzene rings is 1. The fourth-order valence-electron chi connectivity index (χ4n) is 5.78. The summed E-state index contributed by atoms with van der Waals surface area (Å²) in [6.45, 7) is 7.19. The Hall–Kier alpha value is -1.64. The molecular weight excluding hydrogens is 427 g/mol. The molecule has 2 saturated carbocycles. The maximum atomic E-state index is 14.1. The second-order valence-corrected chi connectivity index (χ2v) is 10.4. The molecule has 2 heterocycles. The van der Waals surface area contributed by atoms with E-state index in [1.165, 1.54) is 31.7 Å². The molecule has 1 aliphatic heterocycles. The van der Waals surface area contributed by atoms with Crippen LogP contribution in [0.5, 0.6) is 5.75 Å². The average molecular weight is 461 g/mol. The van der Waals surface area contributed by atoms with Crippen molar-refractivity contribution in [2.45, 2.75) is 50.4 Å². The van der Waals surface area contributed by atoms with Crippen LogP contribution in [0, 0.1) is 23.6 Å². The third-order valence-electron chi connectivity index (χ3n) is 7.49. The monoisotopic (exact) mass is 460 g/mol. The molecule has 1 aromatic heterocycles. The highest BCUT2D eigenvalue weighted by atomic mass is 32.2. The number of rotatable bonds is 9. The van der Waals surface area contributed by atoms with Gasteiger partial charge in [-0.15, -0.1) is 10.2 Å². The van der Waals surface area contributed by atoms with Crippen LogP contribution in [0.4, 0.5) is 4.39 Å². The van der Waals surface area contributed by atoms with E-state index in [9.17, 15) is 4.39 Å². The van der Waals surface area contributed by atoms with Gasteiger partial charge in [-0.3, -0.25) is 9.47 Å². The van der Waals surface area contributed by atoms with Crippen molar-refractivity contribution < 1.29 is 13.9 Å². The van der Waals surface area contributed by atoms with Crippen molar-refractivity contribution in [2.75, 3.05) is 38.6 Å². The van der Waals surface area contributed by atoms with E-state index in [1.807, 2.05) is 0 Å². The topological polar surface area (TPSA) is 52.4 Å². The van der Waals surface area contributed by atoms with Crippen molar-refractivity contribution in [3.8, 4) is 5.75 Å². The molecule has 5 rings (SSSR count). The molecule has 2 bridgehead atoms. The third-order valence-corrected chi connectivity index (χ3v) is 8.41. The summed E-state index contributed by atoms with van der Waals surface area (Å²) in [4.78, 5) is 2.44. The molecule has 0 radical (unpaired) electrons. The van der Waals surface area contributed by atoms with Gasteiger partial charge in [-0.2, -0.15) is 0 Å². The van der Waals surface area contributed by atoms with Crippen LogP contribution in [0.15, 0.2) is 29.4 Å². The highest BCUT2D eigenvalue weighted by molar-refractivity contribution is 7.99. The molecule has 4 atom stereocenters. The van der Waals surface area contributed by atoms with Gasteiger partial charge in [0.15, 0.2) is 22.5 Å². The van der Waals surface area contributed by atoms with Crippen LogP contribution in [0.25, 0.3) is 0 Å². The first-order valence-electron chi connectivity index (χ1n) is 11.9. The van der Waals surface area contributed by atoms with Gasteiger partial charge in [0.25, 0.3) is 0 Å². The maximum Gasteiger partial charge on any atom is 0.191 e. The molecule has 1 aromatic carbocycles. The van der Waals surface area contributed by atoms with Crippen molar-refractivity contribution in [3.63, 3.8) is 0 Å². The lowest BCUT2D eigenvalue weighted by Crippen LogP contribution is -2.37. The SMILES string of the molecule is CC(C1CC2CCC1C2)n1c(COc2ccccc2F)nnc1SCCN1CCOCC1. The number of fused-ring (bicyclic) bond motifs is 2. The van der Waals surface area contributed by atoms with E-state index in [4.69, 9.17) is 9.47 Å². The first-order valence-corrected chi connectivity index (χ1v) is 12.9. The van der Waals surface area contributed by atoms with E-state index in [0.717, 1.165) is 61.4 Å². The Morgan fingerprint density at radius 3 is 2.78 bits per heavy atom. The standard InChI is InChI=1S/C24H33FN4O2S/c1-17(20-15-18-6-7-19(20)14-18)29-23(16-31-22-5-3-2-4-21(22)25)26-27-24(29)32-13-10-28-8-11-30-12-9-28/h2-5,17-20H,6-16H2,1H3. The molecule has 0 spiro atoms. The van der Waals surface area contributed by atoms with Crippen LogP contribution in [-0.2, 0) is 11.3 Å². The molecule has 2 aliphatic carbocycles. The summed E-state index contributed by atoms with van der Waals surface area (Å²) in [5.74, 6) is 4.03. The van der Waals surface area contributed by atoms with E-state index in [0.29, 0.717) is 12.0 Å². The van der Waals surface area contributed by atoms with Gasteiger partial charge < -0.3 is 9.47 Å². The highest BCUT2D eigenvalue weighted by Crippen LogP contribution is 2.52. The van der Waals surface area contributed by atoms with Gasteiger partial charge in [-0.25, -0.2) is 4.39 Å². The number of thioether (sulfide) groups is 1. The summed E-state index contributed by atoms with van der Waals surface area (Å²) in [5.41, 5.74) is 0. The Balaban J connectivity index is 1.30. The summed E-state index contributed by atoms with van der Waals surface area (Å²) in [6.07, 6.45) is 5.41. The zero-order chi connectivity index (χ0) is 21.9. The molecule has 3 aliphatic rings. The Bertz CT molecular complexity index is 904. The lowest BCUT2D eigenvalue weighted by atomic mass is 9.84. The van der Waals surface area contributed by atoms with Crippen molar-refractivity contribution >= 4 is 11.8 Å². The number of halogens is 1. The molecule has 32 heavy (non-hydrogen) atoms. The van der Waals surface area contributed by atoms with Crippen molar-refractivity contribution in [3.05, 3.63) is 35.9 Å². The average Bonchev–Trinajstić information content (AvgIpc) is 3.55. The van der Waals surface area contributed by atoms with Crippen LogP contribution in [0.1, 0.15) is 44.5 Å². The predicted molar refractivity (Wildman–Crippen MR) is 122 cm³/mol. The van der Waals surface area contributed by atoms with Gasteiger partial charge in [0.05, 0.1) is 13.2 Å². The van der Waals surface area contributed by atoms with Crippen LogP contribution in [-0.4, -0.2) is 58.3 Å². The number of ether oxygens (including phenoxy) is 2.